The lowest BCUT2D eigenvalue weighted by atomic mass is 10.3. The molecule has 0 aliphatic carbocycles. The van der Waals surface area contributed by atoms with Gasteiger partial charge in [-0.3, -0.25) is 0 Å². The zero-order valence-corrected chi connectivity index (χ0v) is 9.17. The molecule has 0 aromatic heterocycles. The van der Waals surface area contributed by atoms with E-state index in [1.165, 1.54) is 4.31 Å². The van der Waals surface area contributed by atoms with E-state index in [0.717, 1.165) is 6.42 Å². The van der Waals surface area contributed by atoms with Crippen molar-refractivity contribution in [3.05, 3.63) is 0 Å². The fraction of sp³-hybridized carbons (Fsp3) is 1.00. The third kappa shape index (κ3) is 2.21. The quantitative estimate of drug-likeness (QED) is 0.675. The summed E-state index contributed by atoms with van der Waals surface area (Å²) in [4.78, 5) is 0. The van der Waals surface area contributed by atoms with E-state index in [1.54, 1.807) is 21.0 Å². The normalized spacial score (nSPS) is 25.7. The molecule has 0 saturated carbocycles. The molecule has 1 aliphatic heterocycles. The average molecular weight is 207 g/mol. The molecule has 1 aliphatic rings. The van der Waals surface area contributed by atoms with Gasteiger partial charge in [-0.25, -0.2) is 8.42 Å². The molecular formula is C8H17NO3S. The van der Waals surface area contributed by atoms with E-state index in [-0.39, 0.29) is 11.4 Å². The fourth-order valence-corrected chi connectivity index (χ4v) is 2.75. The van der Waals surface area contributed by atoms with E-state index < -0.39 is 10.0 Å². The van der Waals surface area contributed by atoms with Gasteiger partial charge >= 0.3 is 0 Å². The van der Waals surface area contributed by atoms with Crippen LogP contribution in [0, 0.1) is 0 Å². The topological polar surface area (TPSA) is 46.6 Å². The van der Waals surface area contributed by atoms with Gasteiger partial charge in [0.15, 0.2) is 0 Å². The molecular weight excluding hydrogens is 190 g/mol. The predicted octanol–water partition coefficient (Wildman–Crippen LogP) is 0.445. The molecule has 1 rings (SSSR count). The van der Waals surface area contributed by atoms with E-state index in [0.29, 0.717) is 13.1 Å². The zero-order chi connectivity index (χ0) is 10.1. The minimum absolute atomic E-state index is 0.0773. The first kappa shape index (κ1) is 10.9. The van der Waals surface area contributed by atoms with Crippen LogP contribution in [0.3, 0.4) is 0 Å². The van der Waals surface area contributed by atoms with Crippen LogP contribution in [0.25, 0.3) is 0 Å². The summed E-state index contributed by atoms with van der Waals surface area (Å²) >= 11 is 0. The summed E-state index contributed by atoms with van der Waals surface area (Å²) < 4.78 is 30.0. The van der Waals surface area contributed by atoms with Crippen molar-refractivity contribution in [2.45, 2.75) is 31.6 Å². The first-order valence-corrected chi connectivity index (χ1v) is 6.00. The van der Waals surface area contributed by atoms with Crippen LogP contribution in [0.1, 0.15) is 20.3 Å². The van der Waals surface area contributed by atoms with Gasteiger partial charge in [-0.15, -0.1) is 0 Å². The van der Waals surface area contributed by atoms with E-state index in [2.05, 4.69) is 0 Å². The first-order chi connectivity index (χ1) is 5.98. The van der Waals surface area contributed by atoms with Crippen LogP contribution in [0.4, 0.5) is 0 Å². The summed E-state index contributed by atoms with van der Waals surface area (Å²) in [5.74, 6) is 0. The average Bonchev–Trinajstić information content (AvgIpc) is 2.51. The van der Waals surface area contributed by atoms with Crippen molar-refractivity contribution in [2.24, 2.45) is 0 Å². The second kappa shape index (κ2) is 3.94. The van der Waals surface area contributed by atoms with Crippen LogP contribution in [-0.2, 0) is 14.8 Å². The highest BCUT2D eigenvalue weighted by Gasteiger charge is 2.32. The van der Waals surface area contributed by atoms with Gasteiger partial charge in [-0.1, -0.05) is 0 Å². The number of rotatable bonds is 3. The van der Waals surface area contributed by atoms with Crippen molar-refractivity contribution in [2.75, 3.05) is 20.2 Å². The molecule has 1 heterocycles. The van der Waals surface area contributed by atoms with Crippen molar-refractivity contribution >= 4 is 10.0 Å². The first-order valence-electron chi connectivity index (χ1n) is 4.50. The van der Waals surface area contributed by atoms with Gasteiger partial charge in [0.05, 0.1) is 11.4 Å². The Morgan fingerprint density at radius 1 is 1.46 bits per heavy atom. The summed E-state index contributed by atoms with van der Waals surface area (Å²) in [5.41, 5.74) is 0. The van der Waals surface area contributed by atoms with Crippen LogP contribution in [0.5, 0.6) is 0 Å². The van der Waals surface area contributed by atoms with Gasteiger partial charge in [0.25, 0.3) is 0 Å². The van der Waals surface area contributed by atoms with Crippen LogP contribution < -0.4 is 0 Å². The molecule has 1 unspecified atom stereocenters. The van der Waals surface area contributed by atoms with Crippen molar-refractivity contribution in [3.63, 3.8) is 0 Å². The third-order valence-corrected chi connectivity index (χ3v) is 4.64. The molecule has 1 fully saturated rings. The van der Waals surface area contributed by atoms with Crippen LogP contribution >= 0.6 is 0 Å². The Morgan fingerprint density at radius 2 is 2.08 bits per heavy atom. The molecule has 1 atom stereocenters. The number of hydrogen-bond acceptors (Lipinski definition) is 3. The van der Waals surface area contributed by atoms with Gasteiger partial charge in [0.1, 0.15) is 0 Å². The highest BCUT2D eigenvalue weighted by atomic mass is 32.2. The van der Waals surface area contributed by atoms with Gasteiger partial charge in [-0.2, -0.15) is 4.31 Å². The second-order valence-corrected chi connectivity index (χ2v) is 6.09. The summed E-state index contributed by atoms with van der Waals surface area (Å²) in [6, 6.07) is 0. The Bertz CT molecular complexity index is 261. The Hall–Kier alpha value is -0.130. The third-order valence-electron chi connectivity index (χ3n) is 2.40. The maximum Gasteiger partial charge on any atom is 0.216 e. The standard InChI is InChI=1S/C8H17NO3S/c1-7(2)13(10,11)9-5-4-8(6-9)12-3/h7-8H,4-6H2,1-3H3. The molecule has 0 radical (unpaired) electrons. The van der Waals surface area contributed by atoms with Gasteiger partial charge in [-0.05, 0) is 20.3 Å². The smallest absolute Gasteiger partial charge is 0.216 e. The zero-order valence-electron chi connectivity index (χ0n) is 8.36. The summed E-state index contributed by atoms with van der Waals surface area (Å²) in [6.45, 7) is 4.51. The lowest BCUT2D eigenvalue weighted by Gasteiger charge is -2.18. The number of sulfonamides is 1. The fourth-order valence-electron chi connectivity index (χ4n) is 1.42. The SMILES string of the molecule is COC1CCN(S(=O)(=O)C(C)C)C1. The van der Waals surface area contributed by atoms with E-state index >= 15 is 0 Å². The Kier molecular flexibility index (Phi) is 3.32. The number of ether oxygens (including phenoxy) is 1. The van der Waals surface area contributed by atoms with E-state index in [4.69, 9.17) is 4.74 Å². The van der Waals surface area contributed by atoms with Gasteiger partial charge in [0, 0.05) is 20.2 Å². The number of nitrogens with zero attached hydrogens (tertiary/aromatic N) is 1. The van der Waals surface area contributed by atoms with Gasteiger partial charge in [0.2, 0.25) is 10.0 Å². The molecule has 0 amide bonds. The predicted molar refractivity (Wildman–Crippen MR) is 51.0 cm³/mol. The minimum Gasteiger partial charge on any atom is -0.380 e. The highest BCUT2D eigenvalue weighted by Crippen LogP contribution is 2.18. The van der Waals surface area contributed by atoms with Crippen molar-refractivity contribution in [3.8, 4) is 0 Å². The molecule has 4 nitrogen and oxygen atoms in total. The maximum atomic E-state index is 11.7. The second-order valence-electron chi connectivity index (χ2n) is 3.60. The van der Waals surface area contributed by atoms with E-state index in [9.17, 15) is 8.42 Å². The van der Waals surface area contributed by atoms with Crippen LogP contribution in [0.2, 0.25) is 0 Å². The molecule has 0 aromatic rings. The Labute approximate surface area is 79.9 Å². The summed E-state index contributed by atoms with van der Waals surface area (Å²) in [6.07, 6.45) is 0.885. The van der Waals surface area contributed by atoms with Crippen LogP contribution in [0.15, 0.2) is 0 Å². The lowest BCUT2D eigenvalue weighted by molar-refractivity contribution is 0.115. The largest absolute Gasteiger partial charge is 0.380 e. The number of hydrogen-bond donors (Lipinski definition) is 0. The highest BCUT2D eigenvalue weighted by molar-refractivity contribution is 7.89. The molecule has 0 spiro atoms. The van der Waals surface area contributed by atoms with E-state index in [1.807, 2.05) is 0 Å². The molecule has 1 saturated heterocycles. The lowest BCUT2D eigenvalue weighted by Crippen LogP contribution is -2.35. The van der Waals surface area contributed by atoms with Crippen LogP contribution in [-0.4, -0.2) is 44.3 Å². The molecule has 13 heavy (non-hydrogen) atoms. The molecule has 78 valence electrons. The molecule has 5 heteroatoms. The molecule has 0 bridgehead atoms. The van der Waals surface area contributed by atoms with Crippen molar-refractivity contribution < 1.29 is 13.2 Å². The summed E-state index contributed by atoms with van der Waals surface area (Å²) in [7, 11) is -1.45. The molecule has 0 N–H and O–H groups in total. The van der Waals surface area contributed by atoms with Crippen molar-refractivity contribution in [1.29, 1.82) is 0 Å². The Balaban J connectivity index is 2.66. The monoisotopic (exact) mass is 207 g/mol. The summed E-state index contributed by atoms with van der Waals surface area (Å²) in [5, 5.41) is -0.330. The van der Waals surface area contributed by atoms with Crippen molar-refractivity contribution in [1.82, 2.24) is 4.31 Å². The maximum absolute atomic E-state index is 11.7. The number of methoxy groups -OCH3 is 1. The Morgan fingerprint density at radius 3 is 2.46 bits per heavy atom. The molecule has 0 aromatic carbocycles. The van der Waals surface area contributed by atoms with Gasteiger partial charge < -0.3 is 4.74 Å². The minimum atomic E-state index is -3.07.